The minimum atomic E-state index is -1.26. The molecule has 0 spiro atoms. The third kappa shape index (κ3) is 7.03. The van der Waals surface area contributed by atoms with Crippen LogP contribution in [0, 0.1) is 6.08 Å². The predicted octanol–water partition coefficient (Wildman–Crippen LogP) is 9.33. The summed E-state index contributed by atoms with van der Waals surface area (Å²) in [6, 6.07) is 60.0. The smallest absolute Gasteiger partial charge is 0.311 e. The first-order chi connectivity index (χ1) is 29.0. The normalized spacial score (nSPS) is 18.3. The lowest BCUT2D eigenvalue weighted by Gasteiger charge is -2.40. The Morgan fingerprint density at radius 3 is 1.44 bits per heavy atom. The highest BCUT2D eigenvalue weighted by molar-refractivity contribution is 7.98. The van der Waals surface area contributed by atoms with Crippen molar-refractivity contribution in [2.45, 2.75) is 40.8 Å². The van der Waals surface area contributed by atoms with Crippen molar-refractivity contribution in [1.82, 2.24) is 19.5 Å². The Labute approximate surface area is 346 Å². The van der Waals surface area contributed by atoms with Crippen LogP contribution in [0.25, 0.3) is 11.2 Å². The summed E-state index contributed by atoms with van der Waals surface area (Å²) in [7, 11) is 0. The molecule has 10 heteroatoms. The highest BCUT2D eigenvalue weighted by Crippen LogP contribution is 2.47. The molecule has 4 atom stereocenters. The summed E-state index contributed by atoms with van der Waals surface area (Å²) < 4.78 is 38.5. The molecule has 8 nitrogen and oxygen atoms in total. The van der Waals surface area contributed by atoms with Crippen molar-refractivity contribution >= 4 is 22.9 Å². The quantitative estimate of drug-likeness (QED) is 0.0534. The van der Waals surface area contributed by atoms with Crippen LogP contribution in [0.3, 0.4) is 0 Å². The number of benzene rings is 6. The van der Waals surface area contributed by atoms with Crippen LogP contribution >= 0.6 is 11.8 Å². The summed E-state index contributed by atoms with van der Waals surface area (Å²) in [5.74, 6) is 0. The highest BCUT2D eigenvalue weighted by atomic mass is 32.2. The standard InChI is InChI=1S/C49H41FN4O4S/c1-59-45-41-44(52-47(50)53-45)54(33-51-41)46-43(58-49(37-26-14-5-15-27-37,38-28-16-6-17-29-38)39-30-18-7-19-31-39)42(55)40(57-46)32-56-48(34-20-8-2-9-21-34,35-22-10-3-11-23-35)36-24-12-4-13-25-36/h2-31,33,40,42-43,46,55H,32H2,1H3/t40-,42-,43-,46-/m1/s1. The van der Waals surface area contributed by atoms with Crippen LogP contribution in [-0.2, 0) is 25.4 Å². The zero-order chi connectivity index (χ0) is 40.2. The minimum absolute atomic E-state index is 0.0583. The van der Waals surface area contributed by atoms with E-state index in [0.29, 0.717) is 10.5 Å². The van der Waals surface area contributed by atoms with Crippen LogP contribution < -0.4 is 0 Å². The molecule has 0 amide bonds. The number of fused-ring (bicyclic) bond motifs is 1. The molecule has 1 aliphatic heterocycles. The fraction of sp³-hybridized carbons (Fsp3) is 0.163. The molecular formula is C49H41FN4O4S. The molecule has 0 saturated carbocycles. The Bertz CT molecular complexity index is 2410. The fourth-order valence-electron chi connectivity index (χ4n) is 8.30. The summed E-state index contributed by atoms with van der Waals surface area (Å²) in [5, 5.41) is 13.2. The number of halogens is 1. The molecule has 3 heterocycles. The van der Waals surface area contributed by atoms with Crippen LogP contribution in [-0.4, -0.2) is 55.8 Å². The average molecular weight is 801 g/mol. The van der Waals surface area contributed by atoms with E-state index < -0.39 is 41.8 Å². The topological polar surface area (TPSA) is 91.5 Å². The van der Waals surface area contributed by atoms with E-state index in [1.54, 1.807) is 10.9 Å². The third-order valence-electron chi connectivity index (χ3n) is 11.0. The summed E-state index contributed by atoms with van der Waals surface area (Å²) >= 11 is 1.27. The van der Waals surface area contributed by atoms with E-state index in [1.165, 1.54) is 11.8 Å². The molecule has 0 unspecified atom stereocenters. The number of imidazole rings is 1. The largest absolute Gasteiger partial charge is 0.387 e. The van der Waals surface area contributed by atoms with Crippen LogP contribution in [0.1, 0.15) is 39.6 Å². The zero-order valence-corrected chi connectivity index (χ0v) is 33.0. The van der Waals surface area contributed by atoms with Gasteiger partial charge in [0.25, 0.3) is 0 Å². The Hall–Kier alpha value is -6.01. The Balaban J connectivity index is 1.20. The van der Waals surface area contributed by atoms with Gasteiger partial charge in [-0.25, -0.2) is 4.98 Å². The van der Waals surface area contributed by atoms with E-state index >= 15 is 4.39 Å². The van der Waals surface area contributed by atoms with Crippen LogP contribution in [0.15, 0.2) is 193 Å². The number of hydrogen-bond donors (Lipinski definition) is 1. The molecule has 1 saturated heterocycles. The van der Waals surface area contributed by atoms with Crippen molar-refractivity contribution in [3.63, 3.8) is 0 Å². The van der Waals surface area contributed by atoms with Crippen molar-refractivity contribution in [1.29, 1.82) is 0 Å². The van der Waals surface area contributed by atoms with Gasteiger partial charge in [0.05, 0.1) is 12.9 Å². The predicted molar refractivity (Wildman–Crippen MR) is 226 cm³/mol. The van der Waals surface area contributed by atoms with Gasteiger partial charge >= 0.3 is 6.08 Å². The number of aliphatic hydroxyl groups is 1. The highest BCUT2D eigenvalue weighted by Gasteiger charge is 2.52. The van der Waals surface area contributed by atoms with Gasteiger partial charge in [-0.15, -0.1) is 11.8 Å². The monoisotopic (exact) mass is 800 g/mol. The molecule has 6 aromatic carbocycles. The summed E-state index contributed by atoms with van der Waals surface area (Å²) in [5.41, 5.74) is 3.53. The van der Waals surface area contributed by atoms with E-state index in [9.17, 15) is 5.11 Å². The number of ether oxygens (including phenoxy) is 3. The number of aliphatic hydroxyl groups excluding tert-OH is 1. The van der Waals surface area contributed by atoms with Crippen molar-refractivity contribution in [3.8, 4) is 0 Å². The first-order valence-corrected chi connectivity index (χ1v) is 20.7. The Morgan fingerprint density at radius 2 is 1.03 bits per heavy atom. The van der Waals surface area contributed by atoms with E-state index in [1.807, 2.05) is 188 Å². The Morgan fingerprint density at radius 1 is 0.627 bits per heavy atom. The molecule has 0 radical (unpaired) electrons. The lowest BCUT2D eigenvalue weighted by molar-refractivity contribution is -0.123. The molecule has 2 aromatic heterocycles. The van der Waals surface area contributed by atoms with Gasteiger partial charge in [-0.3, -0.25) is 4.57 Å². The molecule has 1 N–H and O–H groups in total. The lowest BCUT2D eigenvalue weighted by Crippen LogP contribution is -2.45. The number of nitrogens with zero attached hydrogens (tertiary/aromatic N) is 4. The summed E-state index contributed by atoms with van der Waals surface area (Å²) in [6.45, 7) is -0.0583. The van der Waals surface area contributed by atoms with Gasteiger partial charge in [-0.05, 0) is 39.6 Å². The first kappa shape index (κ1) is 38.5. The number of thioether (sulfide) groups is 1. The maximum absolute atomic E-state index is 15.1. The van der Waals surface area contributed by atoms with Gasteiger partial charge in [-0.1, -0.05) is 182 Å². The number of hydrogen-bond acceptors (Lipinski definition) is 8. The van der Waals surface area contributed by atoms with Gasteiger partial charge in [0.2, 0.25) is 0 Å². The third-order valence-corrected chi connectivity index (χ3v) is 11.7. The molecule has 59 heavy (non-hydrogen) atoms. The summed E-state index contributed by atoms with van der Waals surface area (Å²) in [4.78, 5) is 12.8. The van der Waals surface area contributed by atoms with Crippen molar-refractivity contribution in [3.05, 3.63) is 228 Å². The molecule has 294 valence electrons. The molecule has 9 rings (SSSR count). The van der Waals surface area contributed by atoms with Crippen LogP contribution in [0.4, 0.5) is 4.39 Å². The van der Waals surface area contributed by atoms with Gasteiger partial charge < -0.3 is 19.3 Å². The Kier molecular flexibility index (Phi) is 10.9. The first-order valence-electron chi connectivity index (χ1n) is 19.5. The van der Waals surface area contributed by atoms with Gasteiger partial charge in [0.15, 0.2) is 11.9 Å². The average Bonchev–Trinajstić information content (AvgIpc) is 3.86. The van der Waals surface area contributed by atoms with E-state index in [0.717, 1.165) is 33.4 Å². The van der Waals surface area contributed by atoms with Gasteiger partial charge in [0, 0.05) is 0 Å². The van der Waals surface area contributed by atoms with Gasteiger partial charge in [0.1, 0.15) is 40.1 Å². The number of aromatic nitrogens is 4. The molecular weight excluding hydrogens is 760 g/mol. The van der Waals surface area contributed by atoms with Crippen molar-refractivity contribution in [2.24, 2.45) is 0 Å². The van der Waals surface area contributed by atoms with Crippen molar-refractivity contribution < 1.29 is 23.7 Å². The van der Waals surface area contributed by atoms with Gasteiger partial charge in [-0.2, -0.15) is 14.4 Å². The molecule has 0 bridgehead atoms. The lowest BCUT2D eigenvalue weighted by atomic mass is 9.79. The zero-order valence-electron chi connectivity index (χ0n) is 32.2. The molecule has 1 fully saturated rings. The number of rotatable bonds is 13. The van der Waals surface area contributed by atoms with Crippen LogP contribution in [0.5, 0.6) is 0 Å². The second-order valence-corrected chi connectivity index (χ2v) is 15.1. The molecule has 0 aliphatic carbocycles. The van der Waals surface area contributed by atoms with E-state index in [2.05, 4.69) is 15.0 Å². The molecule has 1 aliphatic rings. The van der Waals surface area contributed by atoms with E-state index in [4.69, 9.17) is 14.2 Å². The van der Waals surface area contributed by atoms with Crippen molar-refractivity contribution in [2.75, 3.05) is 12.9 Å². The second-order valence-electron chi connectivity index (χ2n) is 14.3. The SMILES string of the molecule is CSc1nc(F)nc2c1ncn2[C@@H]1O[C@H](COC(c2ccccc2)(c2ccccc2)c2ccccc2)[C@@H](O)[C@H]1OC(c1ccccc1)(c1ccccc1)c1ccccc1. The molecule has 8 aromatic rings. The summed E-state index contributed by atoms with van der Waals surface area (Å²) in [6.07, 6.45) is -1.86. The minimum Gasteiger partial charge on any atom is -0.387 e. The maximum Gasteiger partial charge on any atom is 0.311 e. The maximum atomic E-state index is 15.1. The van der Waals surface area contributed by atoms with E-state index in [-0.39, 0.29) is 12.3 Å². The second kappa shape index (κ2) is 16.7. The fourth-order valence-corrected chi connectivity index (χ4v) is 8.81. The van der Waals surface area contributed by atoms with Crippen LogP contribution in [0.2, 0.25) is 0 Å².